The van der Waals surface area contributed by atoms with Crippen molar-refractivity contribution in [1.82, 2.24) is 9.80 Å². The Balaban J connectivity index is 2.15. The molecule has 180 valence electrons. The smallest absolute Gasteiger partial charge is 0.305 e. The van der Waals surface area contributed by atoms with Gasteiger partial charge in [-0.05, 0) is 60.0 Å². The van der Waals surface area contributed by atoms with Crippen molar-refractivity contribution in [1.29, 1.82) is 0 Å². The fraction of sp³-hybridized carbons (Fsp3) is 0.455. The number of thioether (sulfide) groups is 1. The maximum absolute atomic E-state index is 12.8. The van der Waals surface area contributed by atoms with E-state index in [1.807, 2.05) is 13.8 Å². The summed E-state index contributed by atoms with van der Waals surface area (Å²) < 4.78 is 16.8. The van der Waals surface area contributed by atoms with Crippen LogP contribution in [0, 0.1) is 0 Å². The Bertz CT molecular complexity index is 949. The van der Waals surface area contributed by atoms with E-state index in [0.717, 1.165) is 0 Å². The first-order chi connectivity index (χ1) is 15.7. The first kappa shape index (κ1) is 27.1. The minimum atomic E-state index is -0.325. The summed E-state index contributed by atoms with van der Waals surface area (Å²) in [6, 6.07) is 3.51. The van der Waals surface area contributed by atoms with Gasteiger partial charge in [-0.25, -0.2) is 0 Å². The molecule has 0 saturated carbocycles. The van der Waals surface area contributed by atoms with Gasteiger partial charge >= 0.3 is 5.97 Å². The summed E-state index contributed by atoms with van der Waals surface area (Å²) in [7, 11) is 2.84. The third kappa shape index (κ3) is 7.18. The summed E-state index contributed by atoms with van der Waals surface area (Å²) >= 11 is 10.0. The molecule has 8 nitrogen and oxygen atoms in total. The molecule has 0 N–H and O–H groups in total. The summed E-state index contributed by atoms with van der Waals surface area (Å²) in [5, 5.41) is 0. The molecule has 11 heteroatoms. The third-order valence-electron chi connectivity index (χ3n) is 4.87. The lowest BCUT2D eigenvalue weighted by Crippen LogP contribution is -2.34. The van der Waals surface area contributed by atoms with Gasteiger partial charge in [0.15, 0.2) is 18.1 Å². The molecule has 0 bridgehead atoms. The number of carbonyl (C=O) groups excluding carboxylic acids is 3. The number of ether oxygens (including phenoxy) is 3. The number of carbonyl (C=O) groups is 3. The SMILES string of the molecule is CCN(CC)C(=O)COc1c(Br)cc(/C=C2/SC(=S)N(CCCC(=O)OC)C2=O)cc1OC. The Labute approximate surface area is 211 Å². The Morgan fingerprint density at radius 3 is 2.55 bits per heavy atom. The first-order valence-corrected chi connectivity index (χ1v) is 12.4. The second-order valence-corrected chi connectivity index (χ2v) is 9.43. The highest BCUT2D eigenvalue weighted by atomic mass is 79.9. The van der Waals surface area contributed by atoms with Crippen molar-refractivity contribution in [3.8, 4) is 11.5 Å². The van der Waals surface area contributed by atoms with Crippen molar-refractivity contribution in [2.45, 2.75) is 26.7 Å². The van der Waals surface area contributed by atoms with Crippen molar-refractivity contribution in [2.75, 3.05) is 40.5 Å². The van der Waals surface area contributed by atoms with Crippen LogP contribution in [-0.2, 0) is 19.1 Å². The molecule has 0 aromatic heterocycles. The zero-order valence-electron chi connectivity index (χ0n) is 19.0. The second kappa shape index (κ2) is 13.0. The van der Waals surface area contributed by atoms with Gasteiger partial charge in [-0.1, -0.05) is 24.0 Å². The molecule has 1 aromatic carbocycles. The van der Waals surface area contributed by atoms with E-state index in [-0.39, 0.29) is 30.8 Å². The Kier molecular flexibility index (Phi) is 10.6. The van der Waals surface area contributed by atoms with Crippen molar-refractivity contribution < 1.29 is 28.6 Å². The van der Waals surface area contributed by atoms with Crippen LogP contribution >= 0.6 is 39.9 Å². The molecule has 2 amide bonds. The number of halogens is 1. The van der Waals surface area contributed by atoms with Crippen LogP contribution in [0.3, 0.4) is 0 Å². The lowest BCUT2D eigenvalue weighted by molar-refractivity contribution is -0.141. The highest BCUT2D eigenvalue weighted by Gasteiger charge is 2.31. The number of benzene rings is 1. The zero-order chi connectivity index (χ0) is 24.5. The monoisotopic (exact) mass is 558 g/mol. The van der Waals surface area contributed by atoms with Crippen LogP contribution in [-0.4, -0.2) is 72.4 Å². The average Bonchev–Trinajstić information content (AvgIpc) is 3.05. The van der Waals surface area contributed by atoms with Crippen LogP contribution < -0.4 is 9.47 Å². The lowest BCUT2D eigenvalue weighted by Gasteiger charge is -2.20. The summed E-state index contributed by atoms with van der Waals surface area (Å²) in [6.07, 6.45) is 2.40. The van der Waals surface area contributed by atoms with Gasteiger partial charge in [-0.3, -0.25) is 19.3 Å². The molecular weight excluding hydrogens is 532 g/mol. The van der Waals surface area contributed by atoms with E-state index in [2.05, 4.69) is 20.7 Å². The van der Waals surface area contributed by atoms with E-state index in [4.69, 9.17) is 21.7 Å². The van der Waals surface area contributed by atoms with Gasteiger partial charge in [0.1, 0.15) is 4.32 Å². The molecule has 1 aliphatic heterocycles. The molecule has 1 fully saturated rings. The Morgan fingerprint density at radius 2 is 1.94 bits per heavy atom. The second-order valence-electron chi connectivity index (χ2n) is 6.90. The van der Waals surface area contributed by atoms with Gasteiger partial charge in [-0.15, -0.1) is 0 Å². The fourth-order valence-corrected chi connectivity index (χ4v) is 4.98. The van der Waals surface area contributed by atoms with Gasteiger partial charge in [0.05, 0.1) is 23.6 Å². The van der Waals surface area contributed by atoms with Crippen LogP contribution in [0.2, 0.25) is 0 Å². The number of hydrogen-bond acceptors (Lipinski definition) is 8. The molecule has 1 heterocycles. The van der Waals surface area contributed by atoms with Crippen LogP contribution in [0.25, 0.3) is 6.08 Å². The summed E-state index contributed by atoms with van der Waals surface area (Å²) in [5.74, 6) is 0.181. The molecule has 0 aliphatic carbocycles. The number of nitrogens with zero attached hydrogens (tertiary/aromatic N) is 2. The molecular formula is C22H27BrN2O6S2. The van der Waals surface area contributed by atoms with E-state index >= 15 is 0 Å². The third-order valence-corrected chi connectivity index (χ3v) is 6.84. The van der Waals surface area contributed by atoms with Crippen LogP contribution in [0.15, 0.2) is 21.5 Å². The quantitative estimate of drug-likeness (QED) is 0.230. The molecule has 0 unspecified atom stereocenters. The predicted molar refractivity (Wildman–Crippen MR) is 135 cm³/mol. The molecule has 0 atom stereocenters. The van der Waals surface area contributed by atoms with E-state index < -0.39 is 0 Å². The van der Waals surface area contributed by atoms with Crippen LogP contribution in [0.4, 0.5) is 0 Å². The minimum Gasteiger partial charge on any atom is -0.493 e. The largest absolute Gasteiger partial charge is 0.493 e. The standard InChI is InChI=1S/C22H27BrN2O6S2/c1-5-24(6-2)18(26)13-31-20-15(23)10-14(11-16(20)29-3)12-17-21(28)25(22(32)33-17)9-7-8-19(27)30-4/h10-12H,5-9,13H2,1-4H3/b17-12+. The highest BCUT2D eigenvalue weighted by Crippen LogP contribution is 2.39. The molecule has 1 aliphatic rings. The number of hydrogen-bond donors (Lipinski definition) is 0. The molecule has 1 aromatic rings. The molecule has 0 spiro atoms. The van der Waals surface area contributed by atoms with Crippen molar-refractivity contribution in [3.05, 3.63) is 27.1 Å². The number of rotatable bonds is 11. The molecule has 1 saturated heterocycles. The van der Waals surface area contributed by atoms with E-state index in [0.29, 0.717) is 56.8 Å². The topological polar surface area (TPSA) is 85.4 Å². The maximum atomic E-state index is 12.8. The van der Waals surface area contributed by atoms with Crippen molar-refractivity contribution in [2.24, 2.45) is 0 Å². The van der Waals surface area contributed by atoms with Gasteiger partial charge in [0, 0.05) is 26.1 Å². The Morgan fingerprint density at radius 1 is 1.24 bits per heavy atom. The fourth-order valence-electron chi connectivity index (χ4n) is 3.09. The van der Waals surface area contributed by atoms with Gasteiger partial charge in [0.25, 0.3) is 11.8 Å². The van der Waals surface area contributed by atoms with Crippen LogP contribution in [0.1, 0.15) is 32.3 Å². The summed E-state index contributed by atoms with van der Waals surface area (Å²) in [4.78, 5) is 40.0. The normalized spacial score (nSPS) is 14.6. The van der Waals surface area contributed by atoms with Crippen molar-refractivity contribution in [3.63, 3.8) is 0 Å². The summed E-state index contributed by atoms with van der Waals surface area (Å²) in [6.45, 7) is 5.27. The first-order valence-electron chi connectivity index (χ1n) is 10.4. The molecule has 33 heavy (non-hydrogen) atoms. The van der Waals surface area contributed by atoms with E-state index in [1.165, 1.54) is 30.9 Å². The van der Waals surface area contributed by atoms with E-state index in [9.17, 15) is 14.4 Å². The van der Waals surface area contributed by atoms with Crippen molar-refractivity contribution >= 4 is 68.1 Å². The maximum Gasteiger partial charge on any atom is 0.305 e. The highest BCUT2D eigenvalue weighted by molar-refractivity contribution is 9.10. The predicted octanol–water partition coefficient (Wildman–Crippen LogP) is 3.86. The van der Waals surface area contributed by atoms with Gasteiger partial charge in [-0.2, -0.15) is 0 Å². The zero-order valence-corrected chi connectivity index (χ0v) is 22.2. The minimum absolute atomic E-state index is 0.111. The summed E-state index contributed by atoms with van der Waals surface area (Å²) in [5.41, 5.74) is 0.705. The van der Waals surface area contributed by atoms with E-state index in [1.54, 1.807) is 23.1 Å². The molecule has 2 rings (SSSR count). The number of thiocarbonyl (C=S) groups is 1. The van der Waals surface area contributed by atoms with Gasteiger partial charge in [0.2, 0.25) is 0 Å². The van der Waals surface area contributed by atoms with Crippen LogP contribution in [0.5, 0.6) is 11.5 Å². The lowest BCUT2D eigenvalue weighted by atomic mass is 10.1. The van der Waals surface area contributed by atoms with Gasteiger partial charge < -0.3 is 19.1 Å². The number of amides is 2. The molecule has 0 radical (unpaired) electrons. The number of methoxy groups -OCH3 is 2. The Hall–Kier alpha value is -2.11. The number of likely N-dealkylation sites (N-methyl/N-ethyl adjacent to an activating group) is 1. The number of esters is 1. The average molecular weight is 560 g/mol.